The molecule has 0 spiro atoms. The van der Waals surface area contributed by atoms with Crippen LogP contribution in [0.4, 0.5) is 0 Å². The average Bonchev–Trinajstić information content (AvgIpc) is 2.43. The third-order valence-electron chi connectivity index (χ3n) is 4.31. The number of ether oxygens (including phenoxy) is 1. The smallest absolute Gasteiger partial charge is 0.258 e. The van der Waals surface area contributed by atoms with E-state index in [1.54, 1.807) is 18.2 Å². The molecule has 1 aromatic rings. The Hall–Kier alpha value is -0.930. The molecule has 21 heavy (non-hydrogen) atoms. The van der Waals surface area contributed by atoms with Crippen LogP contribution in [0.3, 0.4) is 0 Å². The fraction of sp³-hybridized carbons (Fsp3) is 0.562. The van der Waals surface area contributed by atoms with Gasteiger partial charge in [-0.2, -0.15) is 0 Å². The van der Waals surface area contributed by atoms with Crippen LogP contribution in [0.15, 0.2) is 18.2 Å². The zero-order valence-corrected chi connectivity index (χ0v) is 13.9. The van der Waals surface area contributed by atoms with Crippen molar-refractivity contribution in [2.24, 2.45) is 11.8 Å². The molecule has 0 unspecified atom stereocenters. The molecule has 2 rings (SSSR count). The summed E-state index contributed by atoms with van der Waals surface area (Å²) in [5.41, 5.74) is 0. The van der Waals surface area contributed by atoms with Gasteiger partial charge in [0.05, 0.1) is 5.02 Å². The van der Waals surface area contributed by atoms with Crippen molar-refractivity contribution in [1.82, 2.24) is 5.32 Å². The minimum absolute atomic E-state index is 0.0288. The van der Waals surface area contributed by atoms with E-state index in [-0.39, 0.29) is 18.6 Å². The zero-order chi connectivity index (χ0) is 15.4. The minimum Gasteiger partial charge on any atom is -0.482 e. The second-order valence-electron chi connectivity index (χ2n) is 5.80. The van der Waals surface area contributed by atoms with E-state index >= 15 is 0 Å². The maximum Gasteiger partial charge on any atom is 0.258 e. The lowest BCUT2D eigenvalue weighted by molar-refractivity contribution is -0.124. The quantitative estimate of drug-likeness (QED) is 0.893. The van der Waals surface area contributed by atoms with Gasteiger partial charge >= 0.3 is 0 Å². The highest BCUT2D eigenvalue weighted by Gasteiger charge is 2.28. The number of halogens is 2. The average molecular weight is 330 g/mol. The first-order chi connectivity index (χ1) is 9.97. The molecule has 3 atom stereocenters. The number of nitrogens with one attached hydrogen (secondary N) is 1. The van der Waals surface area contributed by atoms with Crippen molar-refractivity contribution in [2.45, 2.75) is 39.2 Å². The second kappa shape index (κ2) is 7.37. The highest BCUT2D eigenvalue weighted by molar-refractivity contribution is 6.35. The first-order valence-corrected chi connectivity index (χ1v) is 8.10. The highest BCUT2D eigenvalue weighted by atomic mass is 35.5. The van der Waals surface area contributed by atoms with E-state index in [0.717, 1.165) is 6.42 Å². The van der Waals surface area contributed by atoms with E-state index < -0.39 is 0 Å². The Kier molecular flexibility index (Phi) is 5.77. The molecule has 1 amide bonds. The third-order valence-corrected chi connectivity index (χ3v) is 4.84. The molecule has 3 nitrogen and oxygen atoms in total. The van der Waals surface area contributed by atoms with Crippen molar-refractivity contribution in [2.75, 3.05) is 6.61 Å². The predicted octanol–water partition coefficient (Wildman–Crippen LogP) is 4.31. The van der Waals surface area contributed by atoms with Crippen LogP contribution in [0.1, 0.15) is 33.1 Å². The maximum absolute atomic E-state index is 12.0. The first kappa shape index (κ1) is 16.4. The molecule has 0 bridgehead atoms. The van der Waals surface area contributed by atoms with Crippen LogP contribution >= 0.6 is 23.2 Å². The summed E-state index contributed by atoms with van der Waals surface area (Å²) >= 11 is 11.8. The maximum atomic E-state index is 12.0. The molecule has 1 fully saturated rings. The highest BCUT2D eigenvalue weighted by Crippen LogP contribution is 2.30. The van der Waals surface area contributed by atoms with E-state index in [0.29, 0.717) is 27.6 Å². The summed E-state index contributed by atoms with van der Waals surface area (Å²) in [6, 6.07) is 5.20. The zero-order valence-electron chi connectivity index (χ0n) is 12.4. The molecule has 5 heteroatoms. The van der Waals surface area contributed by atoms with Crippen molar-refractivity contribution in [3.63, 3.8) is 0 Å². The summed E-state index contributed by atoms with van der Waals surface area (Å²) in [5.74, 6) is 1.52. The number of amides is 1. The Morgan fingerprint density at radius 2 is 2.10 bits per heavy atom. The number of hydrogen-bond acceptors (Lipinski definition) is 2. The van der Waals surface area contributed by atoms with Crippen molar-refractivity contribution in [3.05, 3.63) is 28.2 Å². The van der Waals surface area contributed by atoms with Gasteiger partial charge in [0.1, 0.15) is 5.75 Å². The summed E-state index contributed by atoms with van der Waals surface area (Å²) in [7, 11) is 0. The lowest BCUT2D eigenvalue weighted by atomic mass is 9.78. The molecular formula is C16H21Cl2NO2. The van der Waals surface area contributed by atoms with Gasteiger partial charge in [0.2, 0.25) is 0 Å². The molecule has 0 saturated heterocycles. The van der Waals surface area contributed by atoms with Gasteiger partial charge in [0.15, 0.2) is 6.61 Å². The van der Waals surface area contributed by atoms with Crippen LogP contribution in [0.5, 0.6) is 5.75 Å². The molecule has 116 valence electrons. The molecule has 1 aromatic carbocycles. The Morgan fingerprint density at radius 3 is 2.81 bits per heavy atom. The fourth-order valence-electron chi connectivity index (χ4n) is 2.77. The number of rotatable bonds is 4. The number of hydrogen-bond donors (Lipinski definition) is 1. The molecule has 1 N–H and O–H groups in total. The monoisotopic (exact) mass is 329 g/mol. The lowest BCUT2D eigenvalue weighted by Gasteiger charge is -2.34. The molecule has 0 aromatic heterocycles. The Balaban J connectivity index is 1.84. The molecule has 1 saturated carbocycles. The van der Waals surface area contributed by atoms with Crippen LogP contribution < -0.4 is 10.1 Å². The summed E-state index contributed by atoms with van der Waals surface area (Å²) in [5, 5.41) is 4.02. The topological polar surface area (TPSA) is 38.3 Å². The van der Waals surface area contributed by atoms with Crippen LogP contribution in [-0.4, -0.2) is 18.6 Å². The summed E-state index contributed by atoms with van der Waals surface area (Å²) < 4.78 is 5.45. The molecule has 0 radical (unpaired) electrons. The normalized spacial score (nSPS) is 25.4. The van der Waals surface area contributed by atoms with Crippen molar-refractivity contribution >= 4 is 29.1 Å². The minimum atomic E-state index is -0.105. The molecule has 1 aliphatic carbocycles. The van der Waals surface area contributed by atoms with E-state index in [1.165, 1.54) is 12.8 Å². The van der Waals surface area contributed by atoms with E-state index in [4.69, 9.17) is 27.9 Å². The van der Waals surface area contributed by atoms with E-state index in [2.05, 4.69) is 19.2 Å². The second-order valence-corrected chi connectivity index (χ2v) is 6.65. The Bertz CT molecular complexity index is 507. The van der Waals surface area contributed by atoms with Gasteiger partial charge in [0, 0.05) is 11.1 Å². The van der Waals surface area contributed by atoms with Crippen LogP contribution in [0.25, 0.3) is 0 Å². The van der Waals surface area contributed by atoms with Gasteiger partial charge < -0.3 is 10.1 Å². The van der Waals surface area contributed by atoms with Crippen molar-refractivity contribution in [3.8, 4) is 5.75 Å². The standard InChI is InChI=1S/C16H21Cl2NO2/c1-10-4-3-5-14(11(10)2)19-16(20)9-21-15-7-6-12(17)8-13(15)18/h6-8,10-11,14H,3-5,9H2,1-2H3,(H,19,20)/t10-,11-,14+/m1/s1. The third kappa shape index (κ3) is 4.52. The largest absolute Gasteiger partial charge is 0.482 e. The Morgan fingerprint density at radius 1 is 1.33 bits per heavy atom. The molecule has 0 aliphatic heterocycles. The predicted molar refractivity (Wildman–Crippen MR) is 86.1 cm³/mol. The Labute approximate surface area is 136 Å². The number of benzene rings is 1. The van der Waals surface area contributed by atoms with Gasteiger partial charge in [-0.1, -0.05) is 49.9 Å². The van der Waals surface area contributed by atoms with Gasteiger partial charge in [-0.3, -0.25) is 4.79 Å². The van der Waals surface area contributed by atoms with E-state index in [9.17, 15) is 4.79 Å². The van der Waals surface area contributed by atoms with Gasteiger partial charge in [0.25, 0.3) is 5.91 Å². The number of carbonyl (C=O) groups is 1. The van der Waals surface area contributed by atoms with Crippen molar-refractivity contribution < 1.29 is 9.53 Å². The van der Waals surface area contributed by atoms with Crippen molar-refractivity contribution in [1.29, 1.82) is 0 Å². The summed E-state index contributed by atoms with van der Waals surface area (Å²) in [4.78, 5) is 12.0. The SMILES string of the molecule is C[C@@H]1[C@H](C)CCC[C@@H]1NC(=O)COc1ccc(Cl)cc1Cl. The van der Waals surface area contributed by atoms with Crippen LogP contribution in [0, 0.1) is 11.8 Å². The van der Waals surface area contributed by atoms with Gasteiger partial charge in [-0.15, -0.1) is 0 Å². The molecular weight excluding hydrogens is 309 g/mol. The summed E-state index contributed by atoms with van der Waals surface area (Å²) in [6.45, 7) is 4.41. The van der Waals surface area contributed by atoms with E-state index in [1.807, 2.05) is 0 Å². The molecule has 1 aliphatic rings. The van der Waals surface area contributed by atoms with Gasteiger partial charge in [-0.25, -0.2) is 0 Å². The molecule has 0 heterocycles. The first-order valence-electron chi connectivity index (χ1n) is 7.34. The lowest BCUT2D eigenvalue weighted by Crippen LogP contribution is -2.45. The van der Waals surface area contributed by atoms with Crippen LogP contribution in [-0.2, 0) is 4.79 Å². The van der Waals surface area contributed by atoms with Crippen LogP contribution in [0.2, 0.25) is 10.0 Å². The number of carbonyl (C=O) groups excluding carboxylic acids is 1. The fourth-order valence-corrected chi connectivity index (χ4v) is 3.23. The van der Waals surface area contributed by atoms with Gasteiger partial charge in [-0.05, 0) is 36.5 Å². The summed E-state index contributed by atoms with van der Waals surface area (Å²) in [6.07, 6.45) is 3.45.